The van der Waals surface area contributed by atoms with Crippen molar-refractivity contribution in [2.24, 2.45) is 0 Å². The van der Waals surface area contributed by atoms with Gasteiger partial charge in [-0.05, 0) is 48.0 Å². The van der Waals surface area contributed by atoms with Crippen LogP contribution in [-0.4, -0.2) is 53.2 Å². The van der Waals surface area contributed by atoms with Crippen LogP contribution in [0.15, 0.2) is 79.0 Å². The Balaban J connectivity index is 1.56. The number of nitrogens with zero attached hydrogens (tertiary/aromatic N) is 3. The van der Waals surface area contributed by atoms with Gasteiger partial charge >= 0.3 is 0 Å². The van der Waals surface area contributed by atoms with Crippen molar-refractivity contribution in [1.29, 1.82) is 0 Å². The predicted octanol–water partition coefficient (Wildman–Crippen LogP) is 5.36. The van der Waals surface area contributed by atoms with E-state index in [1.807, 2.05) is 30.5 Å². The summed E-state index contributed by atoms with van der Waals surface area (Å²) in [7, 11) is 2.13. The van der Waals surface area contributed by atoms with Gasteiger partial charge in [-0.15, -0.1) is 0 Å². The third kappa shape index (κ3) is 4.45. The van der Waals surface area contributed by atoms with E-state index in [1.54, 1.807) is 24.3 Å². The molecule has 2 heterocycles. The molecule has 1 N–H and O–H groups in total. The normalized spacial score (nSPS) is 16.1. The molecule has 1 unspecified atom stereocenters. The van der Waals surface area contributed by atoms with Crippen LogP contribution in [0.5, 0.6) is 0 Å². The van der Waals surface area contributed by atoms with Crippen molar-refractivity contribution < 1.29 is 8.78 Å². The number of rotatable bonds is 5. The highest BCUT2D eigenvalue weighted by Gasteiger charge is 2.29. The SMILES string of the molecule is CN1CCN(C(c2ccc(-c3cccc(F)c3)cc2)c2cn[nH]c2-c2ccccc2F)CC1. The number of piperazine rings is 1. The molecule has 168 valence electrons. The van der Waals surface area contributed by atoms with E-state index in [0.717, 1.165) is 48.4 Å². The summed E-state index contributed by atoms with van der Waals surface area (Å²) in [5, 5.41) is 7.34. The molecular weight excluding hydrogens is 418 g/mol. The van der Waals surface area contributed by atoms with Gasteiger partial charge in [-0.3, -0.25) is 10.00 Å². The molecule has 0 saturated carbocycles. The number of halogens is 2. The molecule has 0 aliphatic carbocycles. The zero-order valence-corrected chi connectivity index (χ0v) is 18.5. The maximum absolute atomic E-state index is 14.7. The van der Waals surface area contributed by atoms with Crippen molar-refractivity contribution in [2.45, 2.75) is 6.04 Å². The fourth-order valence-electron chi connectivity index (χ4n) is 4.58. The molecule has 1 atom stereocenters. The lowest BCUT2D eigenvalue weighted by molar-refractivity contribution is 0.127. The van der Waals surface area contributed by atoms with Crippen LogP contribution >= 0.6 is 0 Å². The van der Waals surface area contributed by atoms with Gasteiger partial charge < -0.3 is 4.90 Å². The maximum atomic E-state index is 14.7. The molecule has 4 aromatic rings. The number of likely N-dealkylation sites (N-methyl/N-ethyl adjacent to an activating group) is 1. The van der Waals surface area contributed by atoms with Gasteiger partial charge in [0.15, 0.2) is 0 Å². The molecule has 1 aromatic heterocycles. The number of aromatic nitrogens is 2. The lowest BCUT2D eigenvalue weighted by atomic mass is 9.92. The average molecular weight is 445 g/mol. The van der Waals surface area contributed by atoms with E-state index >= 15 is 0 Å². The summed E-state index contributed by atoms with van der Waals surface area (Å²) >= 11 is 0. The van der Waals surface area contributed by atoms with Crippen LogP contribution in [0.3, 0.4) is 0 Å². The lowest BCUT2D eigenvalue weighted by Gasteiger charge is -2.38. The molecule has 0 radical (unpaired) electrons. The fourth-order valence-corrected chi connectivity index (χ4v) is 4.58. The Labute approximate surface area is 192 Å². The number of hydrogen-bond donors (Lipinski definition) is 1. The van der Waals surface area contributed by atoms with Gasteiger partial charge in [0.25, 0.3) is 0 Å². The first kappa shape index (κ1) is 21.5. The molecule has 4 nitrogen and oxygen atoms in total. The number of H-pyrrole nitrogens is 1. The average Bonchev–Trinajstić information content (AvgIpc) is 3.30. The van der Waals surface area contributed by atoms with E-state index in [-0.39, 0.29) is 17.7 Å². The Hall–Kier alpha value is -3.35. The molecule has 3 aromatic carbocycles. The summed E-state index contributed by atoms with van der Waals surface area (Å²) in [6, 6.07) is 21.5. The topological polar surface area (TPSA) is 35.2 Å². The second kappa shape index (κ2) is 9.25. The zero-order chi connectivity index (χ0) is 22.8. The Morgan fingerprint density at radius 1 is 0.848 bits per heavy atom. The monoisotopic (exact) mass is 444 g/mol. The van der Waals surface area contributed by atoms with E-state index < -0.39 is 0 Å². The quantitative estimate of drug-likeness (QED) is 0.450. The van der Waals surface area contributed by atoms with Crippen molar-refractivity contribution in [3.63, 3.8) is 0 Å². The highest BCUT2D eigenvalue weighted by molar-refractivity contribution is 5.66. The summed E-state index contributed by atoms with van der Waals surface area (Å²) in [6.45, 7) is 3.72. The van der Waals surface area contributed by atoms with Crippen LogP contribution in [0.25, 0.3) is 22.4 Å². The summed E-state index contributed by atoms with van der Waals surface area (Å²) in [5.41, 5.74) is 5.05. The van der Waals surface area contributed by atoms with Crippen LogP contribution < -0.4 is 0 Å². The van der Waals surface area contributed by atoms with Gasteiger partial charge in [-0.2, -0.15) is 5.10 Å². The number of aromatic amines is 1. The molecule has 6 heteroatoms. The van der Waals surface area contributed by atoms with E-state index in [0.29, 0.717) is 11.3 Å². The first-order valence-electron chi connectivity index (χ1n) is 11.2. The molecule has 5 rings (SSSR count). The van der Waals surface area contributed by atoms with Gasteiger partial charge in [0.05, 0.1) is 17.9 Å². The number of benzene rings is 3. The summed E-state index contributed by atoms with van der Waals surface area (Å²) in [4.78, 5) is 4.74. The minimum absolute atomic E-state index is 0.0754. The highest BCUT2D eigenvalue weighted by Crippen LogP contribution is 2.36. The molecule has 0 spiro atoms. The standard InChI is InChI=1S/C27H26F2N4/c1-32-13-15-33(16-14-32)27(24-18-30-31-26(24)23-7-2-3-8-25(23)29)20-11-9-19(10-12-20)21-5-4-6-22(28)17-21/h2-12,17-18,27H,13-16H2,1H3,(H,30,31). The lowest BCUT2D eigenvalue weighted by Crippen LogP contribution is -2.46. The maximum Gasteiger partial charge on any atom is 0.132 e. The van der Waals surface area contributed by atoms with Gasteiger partial charge in [0.2, 0.25) is 0 Å². The summed E-state index contributed by atoms with van der Waals surface area (Å²) in [5.74, 6) is -0.526. The molecule has 1 aliphatic rings. The molecule has 33 heavy (non-hydrogen) atoms. The summed E-state index contributed by atoms with van der Waals surface area (Å²) < 4.78 is 28.4. The zero-order valence-electron chi connectivity index (χ0n) is 18.5. The van der Waals surface area contributed by atoms with E-state index in [9.17, 15) is 8.78 Å². The molecule has 0 amide bonds. The van der Waals surface area contributed by atoms with Crippen molar-refractivity contribution in [2.75, 3.05) is 33.2 Å². The molecule has 1 fully saturated rings. The van der Waals surface area contributed by atoms with Crippen LogP contribution in [0.2, 0.25) is 0 Å². The Bertz CT molecular complexity index is 1230. The van der Waals surface area contributed by atoms with Crippen molar-refractivity contribution in [1.82, 2.24) is 20.0 Å². The fraction of sp³-hybridized carbons (Fsp3) is 0.222. The Morgan fingerprint density at radius 2 is 1.61 bits per heavy atom. The Morgan fingerprint density at radius 3 is 2.33 bits per heavy atom. The smallest absolute Gasteiger partial charge is 0.132 e. The minimum atomic E-state index is -0.276. The van der Waals surface area contributed by atoms with Crippen LogP contribution in [0, 0.1) is 11.6 Å². The summed E-state index contributed by atoms with van der Waals surface area (Å²) in [6.07, 6.45) is 1.81. The van der Waals surface area contributed by atoms with Crippen molar-refractivity contribution in [3.8, 4) is 22.4 Å². The molecule has 1 aliphatic heterocycles. The third-order valence-corrected chi connectivity index (χ3v) is 6.39. The van der Waals surface area contributed by atoms with Crippen LogP contribution in [-0.2, 0) is 0 Å². The van der Waals surface area contributed by atoms with Crippen molar-refractivity contribution in [3.05, 3.63) is 102 Å². The predicted molar refractivity (Wildman–Crippen MR) is 127 cm³/mol. The molecule has 1 saturated heterocycles. The largest absolute Gasteiger partial charge is 0.304 e. The van der Waals surface area contributed by atoms with E-state index in [1.165, 1.54) is 12.1 Å². The molecule has 0 bridgehead atoms. The van der Waals surface area contributed by atoms with Gasteiger partial charge in [-0.25, -0.2) is 8.78 Å². The van der Waals surface area contributed by atoms with Gasteiger partial charge in [-0.1, -0.05) is 48.5 Å². The van der Waals surface area contributed by atoms with Gasteiger partial charge in [0.1, 0.15) is 11.6 Å². The molecular formula is C27H26F2N4. The Kier molecular flexibility index (Phi) is 6.03. The van der Waals surface area contributed by atoms with Crippen molar-refractivity contribution >= 4 is 0 Å². The third-order valence-electron chi connectivity index (χ3n) is 6.39. The van der Waals surface area contributed by atoms with Gasteiger partial charge in [0, 0.05) is 37.3 Å². The van der Waals surface area contributed by atoms with E-state index in [4.69, 9.17) is 0 Å². The number of hydrogen-bond acceptors (Lipinski definition) is 3. The minimum Gasteiger partial charge on any atom is -0.304 e. The first-order valence-corrected chi connectivity index (χ1v) is 11.2. The second-order valence-corrected chi connectivity index (χ2v) is 8.55. The van der Waals surface area contributed by atoms with Crippen LogP contribution in [0.4, 0.5) is 8.78 Å². The second-order valence-electron chi connectivity index (χ2n) is 8.55. The highest BCUT2D eigenvalue weighted by atomic mass is 19.1. The number of nitrogens with one attached hydrogen (secondary N) is 1. The van der Waals surface area contributed by atoms with E-state index in [2.05, 4.69) is 39.2 Å². The first-order chi connectivity index (χ1) is 16.1. The van der Waals surface area contributed by atoms with Crippen LogP contribution in [0.1, 0.15) is 17.2 Å².